The van der Waals surface area contributed by atoms with Gasteiger partial charge >= 0.3 is 0 Å². The molecular weight excluding hydrogens is 357 g/mol. The molecule has 126 valence electrons. The summed E-state index contributed by atoms with van der Waals surface area (Å²) >= 11 is 11.8. The van der Waals surface area contributed by atoms with E-state index in [1.165, 1.54) is 0 Å². The van der Waals surface area contributed by atoms with Crippen molar-refractivity contribution in [1.29, 1.82) is 0 Å². The average molecular weight is 372 g/mol. The van der Waals surface area contributed by atoms with E-state index < -0.39 is 0 Å². The molecular formula is C20H15Cl2NO2. The molecule has 5 heteroatoms. The van der Waals surface area contributed by atoms with Gasteiger partial charge in [-0.15, -0.1) is 0 Å². The first-order valence-corrected chi connectivity index (χ1v) is 8.40. The van der Waals surface area contributed by atoms with Crippen molar-refractivity contribution in [2.45, 2.75) is 0 Å². The van der Waals surface area contributed by atoms with Crippen molar-refractivity contribution in [3.8, 4) is 16.9 Å². The van der Waals surface area contributed by atoms with Crippen LogP contribution in [-0.2, 0) is 4.79 Å². The number of hydrogen-bond acceptors (Lipinski definition) is 2. The Morgan fingerprint density at radius 1 is 0.840 bits per heavy atom. The SMILES string of the molecule is O=C(COc1ccc(-c2ccccc2)cc1)Nc1cc(Cl)cc(Cl)c1. The number of halogens is 2. The molecule has 25 heavy (non-hydrogen) atoms. The average Bonchev–Trinajstić information content (AvgIpc) is 2.60. The maximum Gasteiger partial charge on any atom is 0.262 e. The number of anilines is 1. The molecule has 1 N–H and O–H groups in total. The van der Waals surface area contributed by atoms with E-state index >= 15 is 0 Å². The molecule has 0 atom stereocenters. The molecule has 0 aromatic heterocycles. The summed E-state index contributed by atoms with van der Waals surface area (Å²) in [4.78, 5) is 12.0. The summed E-state index contributed by atoms with van der Waals surface area (Å²) in [5.41, 5.74) is 2.75. The van der Waals surface area contributed by atoms with E-state index in [4.69, 9.17) is 27.9 Å². The second kappa shape index (κ2) is 8.06. The Kier molecular flexibility index (Phi) is 5.59. The van der Waals surface area contributed by atoms with Crippen LogP contribution >= 0.6 is 23.2 Å². The molecule has 3 aromatic rings. The van der Waals surface area contributed by atoms with Crippen LogP contribution in [0.5, 0.6) is 5.75 Å². The third-order valence-corrected chi connectivity index (χ3v) is 3.91. The first-order valence-electron chi connectivity index (χ1n) is 7.64. The standard InChI is InChI=1S/C20H15Cl2NO2/c21-16-10-17(22)12-18(11-16)23-20(24)13-25-19-8-6-15(7-9-19)14-4-2-1-3-5-14/h1-12H,13H2,(H,23,24). The quantitative estimate of drug-likeness (QED) is 0.626. The van der Waals surface area contributed by atoms with E-state index in [1.807, 2.05) is 54.6 Å². The molecule has 0 fully saturated rings. The summed E-state index contributed by atoms with van der Waals surface area (Å²) in [6, 6.07) is 22.5. The topological polar surface area (TPSA) is 38.3 Å². The number of benzene rings is 3. The number of carbonyl (C=O) groups excluding carboxylic acids is 1. The van der Waals surface area contributed by atoms with Crippen molar-refractivity contribution in [1.82, 2.24) is 0 Å². The van der Waals surface area contributed by atoms with Gasteiger partial charge in [0.05, 0.1) is 0 Å². The first kappa shape index (κ1) is 17.3. The van der Waals surface area contributed by atoms with Crippen LogP contribution in [0.2, 0.25) is 10.0 Å². The number of hydrogen-bond donors (Lipinski definition) is 1. The first-order chi connectivity index (χ1) is 12.1. The summed E-state index contributed by atoms with van der Waals surface area (Å²) in [6.45, 7) is -0.102. The molecule has 1 amide bonds. The number of ether oxygens (including phenoxy) is 1. The Hall–Kier alpha value is -2.49. The van der Waals surface area contributed by atoms with E-state index in [0.717, 1.165) is 11.1 Å². The minimum absolute atomic E-state index is 0.102. The van der Waals surface area contributed by atoms with Crippen molar-refractivity contribution >= 4 is 34.8 Å². The van der Waals surface area contributed by atoms with Gasteiger partial charge in [-0.1, -0.05) is 65.7 Å². The third-order valence-electron chi connectivity index (χ3n) is 3.48. The molecule has 0 saturated carbocycles. The summed E-state index contributed by atoms with van der Waals surface area (Å²) in [5.74, 6) is 0.337. The van der Waals surface area contributed by atoms with Gasteiger partial charge in [0.2, 0.25) is 0 Å². The van der Waals surface area contributed by atoms with Gasteiger partial charge in [0, 0.05) is 15.7 Å². The molecule has 0 bridgehead atoms. The zero-order valence-electron chi connectivity index (χ0n) is 13.2. The Labute approximate surface area is 156 Å². The van der Waals surface area contributed by atoms with Gasteiger partial charge in [0.25, 0.3) is 5.91 Å². The Morgan fingerprint density at radius 2 is 1.44 bits per heavy atom. The van der Waals surface area contributed by atoms with Crippen LogP contribution in [0.3, 0.4) is 0 Å². The fourth-order valence-corrected chi connectivity index (χ4v) is 2.87. The van der Waals surface area contributed by atoms with Gasteiger partial charge in [-0.3, -0.25) is 4.79 Å². The summed E-state index contributed by atoms with van der Waals surface area (Å²) < 4.78 is 5.51. The lowest BCUT2D eigenvalue weighted by molar-refractivity contribution is -0.118. The van der Waals surface area contributed by atoms with Crippen LogP contribution in [0, 0.1) is 0 Å². The number of rotatable bonds is 5. The molecule has 0 saturated heterocycles. The molecule has 0 aliphatic rings. The van der Waals surface area contributed by atoms with Gasteiger partial charge in [0.15, 0.2) is 6.61 Å². The Balaban J connectivity index is 1.57. The maximum absolute atomic E-state index is 12.0. The number of nitrogens with one attached hydrogen (secondary N) is 1. The predicted molar refractivity (Wildman–Crippen MR) is 102 cm³/mol. The van der Waals surface area contributed by atoms with E-state index in [1.54, 1.807) is 18.2 Å². The highest BCUT2D eigenvalue weighted by atomic mass is 35.5. The summed E-state index contributed by atoms with van der Waals surface area (Å²) in [6.07, 6.45) is 0. The molecule has 0 aliphatic heterocycles. The highest BCUT2D eigenvalue weighted by molar-refractivity contribution is 6.35. The molecule has 0 spiro atoms. The van der Waals surface area contributed by atoms with Gasteiger partial charge in [-0.25, -0.2) is 0 Å². The largest absolute Gasteiger partial charge is 0.484 e. The smallest absolute Gasteiger partial charge is 0.262 e. The maximum atomic E-state index is 12.0. The Morgan fingerprint density at radius 3 is 2.08 bits per heavy atom. The van der Waals surface area contributed by atoms with Crippen LogP contribution in [0.15, 0.2) is 72.8 Å². The van der Waals surface area contributed by atoms with E-state index in [-0.39, 0.29) is 12.5 Å². The second-order valence-electron chi connectivity index (χ2n) is 5.39. The van der Waals surface area contributed by atoms with Gasteiger partial charge in [0.1, 0.15) is 5.75 Å². The second-order valence-corrected chi connectivity index (χ2v) is 6.26. The molecule has 3 nitrogen and oxygen atoms in total. The number of carbonyl (C=O) groups is 1. The van der Waals surface area contributed by atoms with E-state index in [0.29, 0.717) is 21.5 Å². The van der Waals surface area contributed by atoms with E-state index in [2.05, 4.69) is 5.32 Å². The Bertz CT molecular complexity index is 844. The molecule has 0 aliphatic carbocycles. The van der Waals surface area contributed by atoms with Crippen molar-refractivity contribution in [2.75, 3.05) is 11.9 Å². The van der Waals surface area contributed by atoms with Gasteiger partial charge in [-0.05, 0) is 41.5 Å². The third kappa shape index (κ3) is 4.99. The minimum Gasteiger partial charge on any atom is -0.484 e. The van der Waals surface area contributed by atoms with Crippen molar-refractivity contribution < 1.29 is 9.53 Å². The lowest BCUT2D eigenvalue weighted by atomic mass is 10.1. The summed E-state index contributed by atoms with van der Waals surface area (Å²) in [5, 5.41) is 3.62. The zero-order chi connectivity index (χ0) is 17.6. The minimum atomic E-state index is -0.287. The molecule has 0 heterocycles. The van der Waals surface area contributed by atoms with Crippen LogP contribution in [-0.4, -0.2) is 12.5 Å². The van der Waals surface area contributed by atoms with Crippen molar-refractivity contribution in [2.24, 2.45) is 0 Å². The highest BCUT2D eigenvalue weighted by Crippen LogP contribution is 2.23. The lowest BCUT2D eigenvalue weighted by Gasteiger charge is -2.09. The molecule has 0 unspecified atom stereocenters. The predicted octanol–water partition coefficient (Wildman–Crippen LogP) is 5.68. The van der Waals surface area contributed by atoms with Crippen LogP contribution in [0.4, 0.5) is 5.69 Å². The van der Waals surface area contributed by atoms with Crippen molar-refractivity contribution in [3.05, 3.63) is 82.8 Å². The zero-order valence-corrected chi connectivity index (χ0v) is 14.7. The molecule has 0 radical (unpaired) electrons. The van der Waals surface area contributed by atoms with E-state index in [9.17, 15) is 4.79 Å². The van der Waals surface area contributed by atoms with Gasteiger partial charge < -0.3 is 10.1 Å². The fourth-order valence-electron chi connectivity index (χ4n) is 2.35. The van der Waals surface area contributed by atoms with Gasteiger partial charge in [-0.2, -0.15) is 0 Å². The number of amides is 1. The lowest BCUT2D eigenvalue weighted by Crippen LogP contribution is -2.20. The van der Waals surface area contributed by atoms with Crippen LogP contribution in [0.25, 0.3) is 11.1 Å². The van der Waals surface area contributed by atoms with Crippen LogP contribution in [0.1, 0.15) is 0 Å². The molecule has 3 rings (SSSR count). The van der Waals surface area contributed by atoms with Crippen molar-refractivity contribution in [3.63, 3.8) is 0 Å². The monoisotopic (exact) mass is 371 g/mol. The highest BCUT2D eigenvalue weighted by Gasteiger charge is 2.06. The summed E-state index contributed by atoms with van der Waals surface area (Å²) in [7, 11) is 0. The van der Waals surface area contributed by atoms with Crippen LogP contribution < -0.4 is 10.1 Å². The molecule has 3 aromatic carbocycles. The normalized spacial score (nSPS) is 10.3. The fraction of sp³-hybridized carbons (Fsp3) is 0.0500.